The maximum atomic E-state index is 13.3. The summed E-state index contributed by atoms with van der Waals surface area (Å²) in [4.78, 5) is 27.9. The van der Waals surface area contributed by atoms with E-state index >= 15 is 0 Å². The Kier molecular flexibility index (Phi) is 4.08. The predicted octanol–water partition coefficient (Wildman–Crippen LogP) is 2.81. The highest BCUT2D eigenvalue weighted by Crippen LogP contribution is 2.63. The number of rotatable bonds is 5. The quantitative estimate of drug-likeness (QED) is 0.734. The molecule has 0 saturated heterocycles. The molecule has 0 radical (unpaired) electrons. The minimum absolute atomic E-state index is 0.106. The number of nitrogens with zero attached hydrogens (tertiary/aromatic N) is 1. The first-order valence-corrected chi connectivity index (χ1v) is 9.77. The van der Waals surface area contributed by atoms with E-state index in [4.69, 9.17) is 14.2 Å². The molecule has 0 bridgehead atoms. The van der Waals surface area contributed by atoms with Crippen LogP contribution in [-0.4, -0.2) is 36.2 Å². The summed E-state index contributed by atoms with van der Waals surface area (Å²) in [5.74, 6) is 0.566. The monoisotopic (exact) mass is 391 g/mol. The van der Waals surface area contributed by atoms with Crippen LogP contribution in [0.4, 0.5) is 0 Å². The predicted molar refractivity (Wildman–Crippen MR) is 104 cm³/mol. The lowest BCUT2D eigenvalue weighted by Crippen LogP contribution is -2.39. The summed E-state index contributed by atoms with van der Waals surface area (Å²) in [6, 6.07) is 15.0. The van der Waals surface area contributed by atoms with Crippen molar-refractivity contribution in [3.05, 3.63) is 71.8 Å². The van der Waals surface area contributed by atoms with Crippen molar-refractivity contribution in [2.24, 2.45) is 5.92 Å². The second-order valence-corrected chi connectivity index (χ2v) is 7.41. The number of carbonyl (C=O) groups excluding carboxylic acids is 2. The summed E-state index contributed by atoms with van der Waals surface area (Å²) in [5, 5.41) is 0. The van der Waals surface area contributed by atoms with E-state index in [0.717, 1.165) is 11.1 Å². The number of hydrogen-bond acceptors (Lipinski definition) is 5. The first-order chi connectivity index (χ1) is 14.2. The Morgan fingerprint density at radius 2 is 2.00 bits per heavy atom. The van der Waals surface area contributed by atoms with E-state index in [1.54, 1.807) is 17.9 Å². The van der Waals surface area contributed by atoms with E-state index in [0.29, 0.717) is 18.0 Å². The summed E-state index contributed by atoms with van der Waals surface area (Å²) < 4.78 is 16.7. The lowest BCUT2D eigenvalue weighted by Gasteiger charge is -2.26. The van der Waals surface area contributed by atoms with E-state index in [9.17, 15) is 9.59 Å². The molecule has 29 heavy (non-hydrogen) atoms. The van der Waals surface area contributed by atoms with Crippen LogP contribution >= 0.6 is 0 Å². The first-order valence-electron chi connectivity index (χ1n) is 9.77. The molecule has 2 aliphatic heterocycles. The topological polar surface area (TPSA) is 65.1 Å². The van der Waals surface area contributed by atoms with Gasteiger partial charge in [0.05, 0.1) is 12.6 Å². The van der Waals surface area contributed by atoms with Gasteiger partial charge in [-0.05, 0) is 24.6 Å². The molecule has 3 unspecified atom stereocenters. The molecule has 2 heterocycles. The van der Waals surface area contributed by atoms with Crippen molar-refractivity contribution < 1.29 is 23.8 Å². The third kappa shape index (κ3) is 2.55. The molecule has 3 aliphatic rings. The lowest BCUT2D eigenvalue weighted by atomic mass is 9.91. The molecular weight excluding hydrogens is 370 g/mol. The molecule has 6 heteroatoms. The van der Waals surface area contributed by atoms with Crippen LogP contribution in [0.1, 0.15) is 18.1 Å². The normalized spacial score (nSPS) is 26.2. The van der Waals surface area contributed by atoms with Gasteiger partial charge in [-0.3, -0.25) is 9.59 Å². The minimum Gasteiger partial charge on any atom is -0.465 e. The van der Waals surface area contributed by atoms with Crippen LogP contribution in [0.25, 0.3) is 0 Å². The molecule has 1 aliphatic carbocycles. The molecular formula is C23H21NO5. The number of carbonyl (C=O) groups is 2. The largest absolute Gasteiger partial charge is 0.465 e. The lowest BCUT2D eigenvalue weighted by molar-refractivity contribution is -0.147. The van der Waals surface area contributed by atoms with Crippen LogP contribution in [0.2, 0.25) is 0 Å². The van der Waals surface area contributed by atoms with Gasteiger partial charge in [-0.1, -0.05) is 48.5 Å². The Hall–Kier alpha value is -3.28. The Morgan fingerprint density at radius 3 is 2.79 bits per heavy atom. The third-order valence-corrected chi connectivity index (χ3v) is 5.94. The third-order valence-electron chi connectivity index (χ3n) is 5.94. The molecule has 2 aromatic carbocycles. The zero-order chi connectivity index (χ0) is 20.0. The van der Waals surface area contributed by atoms with Crippen LogP contribution in [0.5, 0.6) is 11.5 Å². The average molecular weight is 391 g/mol. The Labute approximate surface area is 168 Å². The molecule has 1 amide bonds. The van der Waals surface area contributed by atoms with E-state index in [-0.39, 0.29) is 37.2 Å². The van der Waals surface area contributed by atoms with Gasteiger partial charge < -0.3 is 19.1 Å². The van der Waals surface area contributed by atoms with Crippen LogP contribution in [0, 0.1) is 5.92 Å². The van der Waals surface area contributed by atoms with Gasteiger partial charge in [0.2, 0.25) is 12.7 Å². The molecule has 148 valence electrons. The molecule has 3 atom stereocenters. The highest BCUT2D eigenvalue weighted by Gasteiger charge is 2.75. The molecule has 6 nitrogen and oxygen atoms in total. The van der Waals surface area contributed by atoms with Crippen molar-refractivity contribution in [3.63, 3.8) is 0 Å². The SMILES string of the molecule is CCOC(=O)C1(c2cccc3c2OCO3)C2C=CC(=O)N(Cc3ccccc3)C21. The van der Waals surface area contributed by atoms with Gasteiger partial charge in [0.15, 0.2) is 11.5 Å². The number of hydrogen-bond donors (Lipinski definition) is 0. The van der Waals surface area contributed by atoms with Crippen molar-refractivity contribution in [1.29, 1.82) is 0 Å². The second-order valence-electron chi connectivity index (χ2n) is 7.41. The van der Waals surface area contributed by atoms with Crippen LogP contribution in [-0.2, 0) is 26.3 Å². The minimum atomic E-state index is -0.994. The first kappa shape index (κ1) is 17.8. The maximum Gasteiger partial charge on any atom is 0.319 e. The molecule has 1 fully saturated rings. The van der Waals surface area contributed by atoms with E-state index in [1.165, 1.54) is 0 Å². The van der Waals surface area contributed by atoms with E-state index < -0.39 is 5.41 Å². The average Bonchev–Trinajstić information content (AvgIpc) is 3.16. The standard InChI is InChI=1S/C23H21NO5/c1-2-27-22(26)23(16-9-6-10-18-20(16)29-14-28-18)17-11-12-19(25)24(21(17)23)13-15-7-4-3-5-8-15/h3-12,17,21H,2,13-14H2,1H3. The van der Waals surface area contributed by atoms with Crippen LogP contribution in [0.3, 0.4) is 0 Å². The molecule has 1 saturated carbocycles. The van der Waals surface area contributed by atoms with Gasteiger partial charge in [-0.2, -0.15) is 0 Å². The molecule has 0 N–H and O–H groups in total. The number of para-hydroxylation sites is 1. The zero-order valence-electron chi connectivity index (χ0n) is 16.0. The van der Waals surface area contributed by atoms with E-state index in [1.807, 2.05) is 54.6 Å². The maximum absolute atomic E-state index is 13.3. The molecule has 0 spiro atoms. The van der Waals surface area contributed by atoms with Gasteiger partial charge in [0.25, 0.3) is 0 Å². The smallest absolute Gasteiger partial charge is 0.319 e. The molecule has 5 rings (SSSR count). The van der Waals surface area contributed by atoms with Gasteiger partial charge in [0.1, 0.15) is 5.41 Å². The fraction of sp³-hybridized carbons (Fsp3) is 0.304. The number of ether oxygens (including phenoxy) is 3. The fourth-order valence-corrected chi connectivity index (χ4v) is 4.68. The number of amides is 1. The Bertz CT molecular complexity index is 1000. The summed E-state index contributed by atoms with van der Waals surface area (Å²) in [7, 11) is 0. The Balaban J connectivity index is 1.60. The molecule has 0 aromatic heterocycles. The van der Waals surface area contributed by atoms with Crippen molar-refractivity contribution in [2.45, 2.75) is 24.9 Å². The van der Waals surface area contributed by atoms with Gasteiger partial charge >= 0.3 is 5.97 Å². The van der Waals surface area contributed by atoms with Crippen molar-refractivity contribution in [2.75, 3.05) is 13.4 Å². The summed E-state index contributed by atoms with van der Waals surface area (Å²) in [6.07, 6.45) is 3.40. The Morgan fingerprint density at radius 1 is 1.17 bits per heavy atom. The number of fused-ring (bicyclic) bond motifs is 2. The van der Waals surface area contributed by atoms with Crippen molar-refractivity contribution >= 4 is 11.9 Å². The highest BCUT2D eigenvalue weighted by molar-refractivity contribution is 5.98. The summed E-state index contributed by atoms with van der Waals surface area (Å²) in [5.41, 5.74) is 0.739. The fourth-order valence-electron chi connectivity index (χ4n) is 4.68. The number of esters is 1. The summed E-state index contributed by atoms with van der Waals surface area (Å²) >= 11 is 0. The van der Waals surface area contributed by atoms with Crippen molar-refractivity contribution in [1.82, 2.24) is 4.90 Å². The van der Waals surface area contributed by atoms with Crippen molar-refractivity contribution in [3.8, 4) is 11.5 Å². The highest BCUT2D eigenvalue weighted by atomic mass is 16.7. The van der Waals surface area contributed by atoms with Gasteiger partial charge in [-0.15, -0.1) is 0 Å². The van der Waals surface area contributed by atoms with Gasteiger partial charge in [-0.25, -0.2) is 0 Å². The van der Waals surface area contributed by atoms with Gasteiger partial charge in [0, 0.05) is 18.0 Å². The molecule has 2 aromatic rings. The second kappa shape index (κ2) is 6.65. The summed E-state index contributed by atoms with van der Waals surface area (Å²) in [6.45, 7) is 2.60. The van der Waals surface area contributed by atoms with E-state index in [2.05, 4.69) is 0 Å². The van der Waals surface area contributed by atoms with Crippen LogP contribution < -0.4 is 9.47 Å². The van der Waals surface area contributed by atoms with Crippen LogP contribution in [0.15, 0.2) is 60.7 Å². The zero-order valence-corrected chi connectivity index (χ0v) is 16.0. The number of benzene rings is 2.